The number of halogens is 1. The van der Waals surface area contributed by atoms with E-state index in [-0.39, 0.29) is 17.1 Å². The van der Waals surface area contributed by atoms with Crippen LogP contribution < -0.4 is 19.1 Å². The van der Waals surface area contributed by atoms with E-state index in [1.807, 2.05) is 0 Å². The summed E-state index contributed by atoms with van der Waals surface area (Å²) in [4.78, 5) is 12.9. The van der Waals surface area contributed by atoms with Crippen LogP contribution in [0.3, 0.4) is 0 Å². The second-order valence-electron chi connectivity index (χ2n) is 6.02. The van der Waals surface area contributed by atoms with Crippen LogP contribution in [0.4, 0.5) is 11.4 Å². The fourth-order valence-electron chi connectivity index (χ4n) is 2.78. The van der Waals surface area contributed by atoms with Crippen molar-refractivity contribution in [2.24, 2.45) is 0 Å². The fourth-order valence-corrected chi connectivity index (χ4v) is 4.23. The molecular formula is C19H23ClN2O5S. The maximum absolute atomic E-state index is 12.9. The van der Waals surface area contributed by atoms with Gasteiger partial charge in [0.2, 0.25) is 15.9 Å². The zero-order valence-electron chi connectivity index (χ0n) is 16.1. The van der Waals surface area contributed by atoms with Crippen molar-refractivity contribution in [3.63, 3.8) is 0 Å². The molecule has 0 spiro atoms. The molecule has 0 aliphatic heterocycles. The predicted molar refractivity (Wildman–Crippen MR) is 111 cm³/mol. The molecule has 28 heavy (non-hydrogen) atoms. The number of methoxy groups -OCH3 is 2. The Morgan fingerprint density at radius 1 is 1.18 bits per heavy atom. The van der Waals surface area contributed by atoms with Crippen LogP contribution in [0.1, 0.15) is 13.3 Å². The molecule has 1 amide bonds. The molecule has 0 unspecified atom stereocenters. The highest BCUT2D eigenvalue weighted by Crippen LogP contribution is 2.32. The second-order valence-corrected chi connectivity index (χ2v) is 8.29. The number of amides is 1. The van der Waals surface area contributed by atoms with Gasteiger partial charge >= 0.3 is 0 Å². The van der Waals surface area contributed by atoms with Gasteiger partial charge in [-0.3, -0.25) is 9.10 Å². The molecule has 0 aromatic heterocycles. The first-order chi connectivity index (χ1) is 13.2. The summed E-state index contributed by atoms with van der Waals surface area (Å²) in [5.74, 6) is 0.522. The van der Waals surface area contributed by atoms with Crippen molar-refractivity contribution in [3.05, 3.63) is 47.5 Å². The van der Waals surface area contributed by atoms with Gasteiger partial charge in [0.1, 0.15) is 17.5 Å². The van der Waals surface area contributed by atoms with Crippen molar-refractivity contribution in [3.8, 4) is 11.5 Å². The summed E-state index contributed by atoms with van der Waals surface area (Å²) in [5.41, 5.74) is 0.782. The topological polar surface area (TPSA) is 84.9 Å². The van der Waals surface area contributed by atoms with E-state index in [2.05, 4.69) is 5.32 Å². The zero-order valence-corrected chi connectivity index (χ0v) is 17.7. The Kier molecular flexibility index (Phi) is 7.15. The Labute approximate surface area is 170 Å². The Morgan fingerprint density at radius 3 is 2.43 bits per heavy atom. The molecule has 7 nitrogen and oxygen atoms in total. The lowest BCUT2D eigenvalue weighted by Crippen LogP contribution is -2.47. The van der Waals surface area contributed by atoms with Gasteiger partial charge in [-0.2, -0.15) is 0 Å². The summed E-state index contributed by atoms with van der Waals surface area (Å²) >= 11 is 6.15. The molecule has 9 heteroatoms. The Bertz CT molecular complexity index is 949. The van der Waals surface area contributed by atoms with Crippen LogP contribution in [-0.4, -0.2) is 40.8 Å². The molecule has 2 aromatic carbocycles. The molecule has 0 saturated carbocycles. The highest BCUT2D eigenvalue weighted by Gasteiger charge is 2.32. The molecule has 0 aliphatic carbocycles. The monoisotopic (exact) mass is 426 g/mol. The lowest BCUT2D eigenvalue weighted by atomic mass is 10.1. The third-order valence-electron chi connectivity index (χ3n) is 4.06. The number of ether oxygens (including phenoxy) is 2. The van der Waals surface area contributed by atoms with Gasteiger partial charge < -0.3 is 14.8 Å². The minimum absolute atomic E-state index is 0.247. The summed E-state index contributed by atoms with van der Waals surface area (Å²) in [6.45, 7) is 1.74. The number of nitrogens with one attached hydrogen (secondary N) is 1. The molecule has 0 fully saturated rings. The van der Waals surface area contributed by atoms with Crippen LogP contribution in [0, 0.1) is 0 Å². The fraction of sp³-hybridized carbons (Fsp3) is 0.316. The SMILES string of the molecule is CC[C@@H](C(=O)Nc1cccc(OC)c1)N(c1ccc(OC)c(Cl)c1)S(C)(=O)=O. The van der Waals surface area contributed by atoms with Crippen LogP contribution >= 0.6 is 11.6 Å². The van der Waals surface area contributed by atoms with Crippen LogP contribution in [-0.2, 0) is 14.8 Å². The third-order valence-corrected chi connectivity index (χ3v) is 5.53. The maximum Gasteiger partial charge on any atom is 0.248 e. The van der Waals surface area contributed by atoms with Gasteiger partial charge in [-0.15, -0.1) is 0 Å². The van der Waals surface area contributed by atoms with Crippen molar-refractivity contribution >= 4 is 38.9 Å². The van der Waals surface area contributed by atoms with Crippen LogP contribution in [0.2, 0.25) is 5.02 Å². The Hall–Kier alpha value is -2.45. The summed E-state index contributed by atoms with van der Waals surface area (Å²) in [5, 5.41) is 2.99. The van der Waals surface area contributed by atoms with Crippen molar-refractivity contribution in [1.29, 1.82) is 0 Å². The normalized spacial score (nSPS) is 12.2. The smallest absolute Gasteiger partial charge is 0.248 e. The number of rotatable bonds is 8. The average Bonchev–Trinajstić information content (AvgIpc) is 2.64. The van der Waals surface area contributed by atoms with Gasteiger partial charge in [-0.25, -0.2) is 8.42 Å². The van der Waals surface area contributed by atoms with E-state index in [0.717, 1.165) is 10.6 Å². The van der Waals surface area contributed by atoms with E-state index in [1.165, 1.54) is 20.3 Å². The van der Waals surface area contributed by atoms with Crippen molar-refractivity contribution < 1.29 is 22.7 Å². The molecule has 2 rings (SSSR count). The maximum atomic E-state index is 12.9. The number of carbonyl (C=O) groups is 1. The van der Waals surface area contributed by atoms with Gasteiger partial charge in [0.25, 0.3) is 0 Å². The second kappa shape index (κ2) is 9.16. The predicted octanol–water partition coefficient (Wildman–Crippen LogP) is 3.54. The quantitative estimate of drug-likeness (QED) is 0.697. The van der Waals surface area contributed by atoms with E-state index in [4.69, 9.17) is 21.1 Å². The number of carbonyl (C=O) groups excluding carboxylic acids is 1. The largest absolute Gasteiger partial charge is 0.497 e. The minimum atomic E-state index is -3.77. The highest BCUT2D eigenvalue weighted by atomic mass is 35.5. The van der Waals surface area contributed by atoms with Crippen molar-refractivity contribution in [2.75, 3.05) is 30.1 Å². The molecule has 0 radical (unpaired) electrons. The Morgan fingerprint density at radius 2 is 1.89 bits per heavy atom. The standard InChI is InChI=1S/C19H23ClN2O5S/c1-5-17(19(23)21-13-7-6-8-15(11-13)26-2)22(28(4,24)25)14-9-10-18(27-3)16(20)12-14/h6-12,17H,5H2,1-4H3,(H,21,23)/t17-/m0/s1. The lowest BCUT2D eigenvalue weighted by Gasteiger charge is -2.30. The minimum Gasteiger partial charge on any atom is -0.497 e. The average molecular weight is 427 g/mol. The molecule has 0 aliphatic rings. The number of benzene rings is 2. The van der Waals surface area contributed by atoms with Crippen LogP contribution in [0.5, 0.6) is 11.5 Å². The molecule has 0 bridgehead atoms. The van der Waals surface area contributed by atoms with E-state index < -0.39 is 22.0 Å². The summed E-state index contributed by atoms with van der Waals surface area (Å²) in [6.07, 6.45) is 1.30. The number of sulfonamides is 1. The van der Waals surface area contributed by atoms with Gasteiger partial charge in [0, 0.05) is 11.8 Å². The number of hydrogen-bond acceptors (Lipinski definition) is 5. The summed E-state index contributed by atoms with van der Waals surface area (Å²) in [6, 6.07) is 10.4. The van der Waals surface area contributed by atoms with Crippen molar-refractivity contribution in [2.45, 2.75) is 19.4 Å². The molecule has 1 atom stereocenters. The van der Waals surface area contributed by atoms with E-state index in [9.17, 15) is 13.2 Å². The molecule has 2 aromatic rings. The highest BCUT2D eigenvalue weighted by molar-refractivity contribution is 7.92. The van der Waals surface area contributed by atoms with Gasteiger partial charge in [-0.1, -0.05) is 24.6 Å². The van der Waals surface area contributed by atoms with Crippen molar-refractivity contribution in [1.82, 2.24) is 0 Å². The molecule has 0 saturated heterocycles. The molecule has 152 valence electrons. The Balaban J connectivity index is 2.40. The lowest BCUT2D eigenvalue weighted by molar-refractivity contribution is -0.117. The molecule has 1 N–H and O–H groups in total. The van der Waals surface area contributed by atoms with Crippen LogP contribution in [0.25, 0.3) is 0 Å². The first-order valence-electron chi connectivity index (χ1n) is 8.49. The van der Waals surface area contributed by atoms with Gasteiger partial charge in [0.15, 0.2) is 0 Å². The van der Waals surface area contributed by atoms with E-state index >= 15 is 0 Å². The first-order valence-corrected chi connectivity index (χ1v) is 10.7. The van der Waals surface area contributed by atoms with E-state index in [1.54, 1.807) is 43.3 Å². The molecule has 0 heterocycles. The summed E-state index contributed by atoms with van der Waals surface area (Å²) in [7, 11) is -0.781. The number of anilines is 2. The van der Waals surface area contributed by atoms with Gasteiger partial charge in [0.05, 0.1) is 31.2 Å². The van der Waals surface area contributed by atoms with Crippen LogP contribution in [0.15, 0.2) is 42.5 Å². The summed E-state index contributed by atoms with van der Waals surface area (Å²) < 4.78 is 36.3. The third kappa shape index (κ3) is 5.08. The zero-order chi connectivity index (χ0) is 20.9. The first kappa shape index (κ1) is 21.8. The number of hydrogen-bond donors (Lipinski definition) is 1. The molecular weight excluding hydrogens is 404 g/mol. The van der Waals surface area contributed by atoms with Gasteiger partial charge in [-0.05, 0) is 36.8 Å². The number of nitrogens with zero attached hydrogens (tertiary/aromatic N) is 1. The van der Waals surface area contributed by atoms with E-state index in [0.29, 0.717) is 17.2 Å².